The van der Waals surface area contributed by atoms with E-state index in [1.54, 1.807) is 18.2 Å². The van der Waals surface area contributed by atoms with Crippen LogP contribution in [-0.2, 0) is 25.7 Å². The third-order valence-electron chi connectivity index (χ3n) is 5.73. The fraction of sp³-hybridized carbons (Fsp3) is 0.500. The van der Waals surface area contributed by atoms with Crippen LogP contribution in [0.3, 0.4) is 0 Å². The molecule has 2 aromatic carbocycles. The van der Waals surface area contributed by atoms with Gasteiger partial charge in [-0.1, -0.05) is 44.5 Å². The Morgan fingerprint density at radius 3 is 2.12 bits per heavy atom. The van der Waals surface area contributed by atoms with Crippen molar-refractivity contribution in [3.63, 3.8) is 0 Å². The van der Waals surface area contributed by atoms with Crippen LogP contribution in [0.1, 0.15) is 74.3 Å². The van der Waals surface area contributed by atoms with Crippen molar-refractivity contribution < 1.29 is 27.4 Å². The molecule has 0 saturated carbocycles. The third-order valence-corrected chi connectivity index (χ3v) is 8.26. The summed E-state index contributed by atoms with van der Waals surface area (Å²) in [6.45, 7) is 11.7. The van der Waals surface area contributed by atoms with Crippen molar-refractivity contribution in [2.24, 2.45) is 0 Å². The minimum Gasteiger partial charge on any atom is -0.329 e. The summed E-state index contributed by atoms with van der Waals surface area (Å²) >= 11 is 0. The summed E-state index contributed by atoms with van der Waals surface area (Å²) < 4.78 is 43.4. The monoisotopic (exact) mass is 497 g/mol. The lowest BCUT2D eigenvalue weighted by Crippen LogP contribution is -2.12. The van der Waals surface area contributed by atoms with E-state index in [1.807, 2.05) is 53.7 Å². The minimum atomic E-state index is -3.87. The van der Waals surface area contributed by atoms with Crippen molar-refractivity contribution >= 4 is 23.3 Å². The molecular weight excluding hydrogens is 461 g/mol. The Bertz CT molecular complexity index is 1100. The van der Waals surface area contributed by atoms with E-state index < -0.39 is 23.3 Å². The van der Waals surface area contributed by atoms with Crippen molar-refractivity contribution in [2.45, 2.75) is 72.4 Å². The topological polar surface area (TPSA) is 102 Å². The highest BCUT2D eigenvalue weighted by Crippen LogP contribution is 2.50. The highest BCUT2D eigenvalue weighted by Gasteiger charge is 2.31. The van der Waals surface area contributed by atoms with Crippen molar-refractivity contribution in [1.82, 2.24) is 0 Å². The molecule has 1 atom stereocenters. The van der Waals surface area contributed by atoms with Crippen LogP contribution in [0.4, 0.5) is 5.69 Å². The Kier molecular flexibility index (Phi) is 9.16. The SMILES string of the molecule is CCC(CC)P(=O)(O)OOc1cc(C)c(Cc2ccc(NS(C)(=O)=O)c(C(C)C)c2)c(C)c1. The third kappa shape index (κ3) is 7.57. The van der Waals surface area contributed by atoms with Gasteiger partial charge in [-0.2, -0.15) is 0 Å². The maximum absolute atomic E-state index is 12.4. The Hall–Kier alpha value is -1.86. The van der Waals surface area contributed by atoms with Gasteiger partial charge in [0.2, 0.25) is 10.0 Å². The highest BCUT2D eigenvalue weighted by molar-refractivity contribution is 7.92. The maximum atomic E-state index is 12.4. The van der Waals surface area contributed by atoms with E-state index in [-0.39, 0.29) is 5.92 Å². The highest BCUT2D eigenvalue weighted by atomic mass is 32.2. The van der Waals surface area contributed by atoms with Crippen molar-refractivity contribution in [2.75, 3.05) is 11.0 Å². The van der Waals surface area contributed by atoms with Gasteiger partial charge in [0, 0.05) is 0 Å². The lowest BCUT2D eigenvalue weighted by Gasteiger charge is -2.20. The first-order valence-electron chi connectivity index (χ1n) is 11.2. The first-order chi connectivity index (χ1) is 15.3. The fourth-order valence-electron chi connectivity index (χ4n) is 3.88. The summed E-state index contributed by atoms with van der Waals surface area (Å²) in [7, 11) is -7.23. The number of benzene rings is 2. The molecular formula is C24H36NO6PS. The summed E-state index contributed by atoms with van der Waals surface area (Å²) in [6.07, 6.45) is 2.86. The number of sulfonamides is 1. The van der Waals surface area contributed by atoms with Gasteiger partial charge in [0.15, 0.2) is 5.75 Å². The zero-order valence-corrected chi connectivity index (χ0v) is 22.2. The summed E-state index contributed by atoms with van der Waals surface area (Å²) in [5.41, 5.74) is 5.16. The van der Waals surface area contributed by atoms with Crippen LogP contribution in [0, 0.1) is 13.8 Å². The largest absolute Gasteiger partial charge is 0.369 e. The van der Waals surface area contributed by atoms with Gasteiger partial charge in [0.25, 0.3) is 0 Å². The van der Waals surface area contributed by atoms with Crippen LogP contribution in [0.25, 0.3) is 0 Å². The summed E-state index contributed by atoms with van der Waals surface area (Å²) in [5.74, 6) is 0.526. The molecule has 2 N–H and O–H groups in total. The fourth-order valence-corrected chi connectivity index (χ4v) is 5.71. The molecule has 2 aromatic rings. The first kappa shape index (κ1) is 27.4. The van der Waals surface area contributed by atoms with Crippen LogP contribution in [0.5, 0.6) is 5.75 Å². The summed E-state index contributed by atoms with van der Waals surface area (Å²) in [4.78, 5) is 15.4. The van der Waals surface area contributed by atoms with Gasteiger partial charge >= 0.3 is 7.60 Å². The van der Waals surface area contributed by atoms with E-state index >= 15 is 0 Å². The van der Waals surface area contributed by atoms with Crippen LogP contribution in [0.15, 0.2) is 30.3 Å². The van der Waals surface area contributed by atoms with Gasteiger partial charge in [-0.3, -0.25) is 9.29 Å². The zero-order chi connectivity index (χ0) is 25.0. The lowest BCUT2D eigenvalue weighted by molar-refractivity contribution is -0.111. The minimum absolute atomic E-state index is 0.147. The average Bonchev–Trinajstić information content (AvgIpc) is 2.69. The number of anilines is 1. The van der Waals surface area contributed by atoms with Crippen molar-refractivity contribution in [1.29, 1.82) is 0 Å². The summed E-state index contributed by atoms with van der Waals surface area (Å²) in [5, 5.41) is 0. The predicted molar refractivity (Wildman–Crippen MR) is 134 cm³/mol. The zero-order valence-electron chi connectivity index (χ0n) is 20.5. The van der Waals surface area contributed by atoms with Crippen LogP contribution in [0.2, 0.25) is 0 Å². The van der Waals surface area contributed by atoms with Gasteiger partial charge in [-0.25, -0.2) is 8.42 Å². The second kappa shape index (κ2) is 11.0. The molecule has 0 radical (unpaired) electrons. The molecule has 0 amide bonds. The molecule has 7 nitrogen and oxygen atoms in total. The number of hydrogen-bond acceptors (Lipinski definition) is 5. The molecule has 0 aliphatic rings. The quantitative estimate of drug-likeness (QED) is 0.222. The first-order valence-corrected chi connectivity index (χ1v) is 14.7. The van der Waals surface area contributed by atoms with Crippen molar-refractivity contribution in [3.05, 3.63) is 58.1 Å². The molecule has 184 valence electrons. The number of aryl methyl sites for hydroxylation is 2. The number of rotatable bonds is 11. The predicted octanol–water partition coefficient (Wildman–Crippen LogP) is 6.07. The molecule has 0 aliphatic carbocycles. The van der Waals surface area contributed by atoms with E-state index in [4.69, 9.17) is 9.56 Å². The van der Waals surface area contributed by atoms with Gasteiger partial charge in [0.1, 0.15) is 0 Å². The van der Waals surface area contributed by atoms with E-state index in [9.17, 15) is 17.9 Å². The second-order valence-corrected chi connectivity index (χ2v) is 12.6. The van der Waals surface area contributed by atoms with E-state index in [2.05, 4.69) is 4.72 Å². The Morgan fingerprint density at radius 2 is 1.64 bits per heavy atom. The summed E-state index contributed by atoms with van der Waals surface area (Å²) in [6, 6.07) is 9.33. The number of nitrogens with one attached hydrogen (secondary N) is 1. The molecule has 0 spiro atoms. The standard InChI is InChI=1S/C24H36NO6PS/c1-8-21(9-2)32(26,27)31-30-20-12-17(5)23(18(6)13-20)15-19-10-11-24(25-33(7,28)29)22(14-19)16(3)4/h10-14,16,21,25H,8-9,15H2,1-7H3,(H,26,27). The molecule has 9 heteroatoms. The van der Waals surface area contributed by atoms with Crippen LogP contribution in [-0.4, -0.2) is 25.2 Å². The molecule has 33 heavy (non-hydrogen) atoms. The molecule has 1 unspecified atom stereocenters. The van der Waals surface area contributed by atoms with Gasteiger partial charge in [0.05, 0.1) is 17.6 Å². The van der Waals surface area contributed by atoms with E-state index in [0.29, 0.717) is 30.7 Å². The van der Waals surface area contributed by atoms with Gasteiger partial charge in [-0.15, -0.1) is 0 Å². The molecule has 0 heterocycles. The maximum Gasteiger partial charge on any atom is 0.369 e. The van der Waals surface area contributed by atoms with E-state index in [0.717, 1.165) is 34.1 Å². The Morgan fingerprint density at radius 1 is 1.06 bits per heavy atom. The normalized spacial score (nSPS) is 13.9. The molecule has 0 fully saturated rings. The van der Waals surface area contributed by atoms with E-state index in [1.165, 1.54) is 0 Å². The van der Waals surface area contributed by atoms with Crippen LogP contribution >= 0.6 is 7.60 Å². The molecule has 0 aliphatic heterocycles. The van der Waals surface area contributed by atoms with Gasteiger partial charge in [-0.05, 0) is 85.0 Å². The van der Waals surface area contributed by atoms with Gasteiger partial charge < -0.3 is 9.78 Å². The molecule has 0 aromatic heterocycles. The lowest BCUT2D eigenvalue weighted by atomic mass is 9.92. The second-order valence-electron chi connectivity index (χ2n) is 8.86. The molecule has 2 rings (SSSR count). The average molecular weight is 498 g/mol. The molecule has 0 saturated heterocycles. The van der Waals surface area contributed by atoms with Crippen molar-refractivity contribution in [3.8, 4) is 5.75 Å². The number of hydrogen-bond donors (Lipinski definition) is 2. The smallest absolute Gasteiger partial charge is 0.329 e. The van der Waals surface area contributed by atoms with Crippen LogP contribution < -0.4 is 9.61 Å². The Labute approximate surface area is 198 Å². The Balaban J connectivity index is 2.26. The molecule has 0 bridgehead atoms.